The largest absolute Gasteiger partial charge is 0.507 e. The third-order valence-corrected chi connectivity index (χ3v) is 6.52. The number of amides is 1. The summed E-state index contributed by atoms with van der Waals surface area (Å²) in [6.45, 7) is 4.52. The Labute approximate surface area is 215 Å². The lowest BCUT2D eigenvalue weighted by Gasteiger charge is -2.26. The van der Waals surface area contributed by atoms with E-state index in [-0.39, 0.29) is 17.4 Å². The van der Waals surface area contributed by atoms with Gasteiger partial charge in [0.25, 0.3) is 11.7 Å². The van der Waals surface area contributed by atoms with Crippen LogP contribution in [-0.4, -0.2) is 36.6 Å². The molecule has 1 atom stereocenters. The van der Waals surface area contributed by atoms with Gasteiger partial charge < -0.3 is 19.3 Å². The van der Waals surface area contributed by atoms with Crippen molar-refractivity contribution in [3.8, 4) is 17.2 Å². The van der Waals surface area contributed by atoms with Crippen LogP contribution in [0.3, 0.4) is 0 Å². The average molecular weight is 500 g/mol. The second-order valence-electron chi connectivity index (χ2n) is 9.38. The minimum absolute atomic E-state index is 0.00104. The van der Waals surface area contributed by atoms with Crippen LogP contribution in [0.1, 0.15) is 43.0 Å². The fraction of sp³-hybridized carbons (Fsp3) is 0.267. The van der Waals surface area contributed by atoms with Crippen LogP contribution >= 0.6 is 0 Å². The van der Waals surface area contributed by atoms with Crippen molar-refractivity contribution < 1.29 is 28.9 Å². The molecule has 3 aromatic carbocycles. The number of Topliss-reactive ketones (excluding diaryl/α,β-unsaturated/α-hetero) is 1. The van der Waals surface area contributed by atoms with Crippen molar-refractivity contribution in [3.05, 3.63) is 89.0 Å². The van der Waals surface area contributed by atoms with Gasteiger partial charge in [0.15, 0.2) is 0 Å². The zero-order valence-corrected chi connectivity index (χ0v) is 21.1. The number of aliphatic hydroxyl groups excluding tert-OH is 1. The summed E-state index contributed by atoms with van der Waals surface area (Å²) in [6, 6.07) is 18.7. The van der Waals surface area contributed by atoms with E-state index in [2.05, 4.69) is 0 Å². The van der Waals surface area contributed by atoms with Gasteiger partial charge in [0, 0.05) is 11.3 Å². The maximum atomic E-state index is 13.5. The zero-order chi connectivity index (χ0) is 26.1. The monoisotopic (exact) mass is 499 g/mol. The molecule has 0 saturated carbocycles. The first-order valence-corrected chi connectivity index (χ1v) is 12.3. The van der Waals surface area contributed by atoms with E-state index >= 15 is 0 Å². The lowest BCUT2D eigenvalue weighted by molar-refractivity contribution is -0.132. The maximum absolute atomic E-state index is 13.5. The highest BCUT2D eigenvalue weighted by Crippen LogP contribution is 2.43. The Hall–Kier alpha value is -4.26. The molecular formula is C30H29NO6. The SMILES string of the molecule is COc1cccc(C2/C(=C(/O)c3ccc4c(c3)CCCO4)C(=O)C(=O)N2c2ccc(OC(C)C)cc2)c1. The van der Waals surface area contributed by atoms with E-state index in [1.807, 2.05) is 26.0 Å². The summed E-state index contributed by atoms with van der Waals surface area (Å²) in [5.74, 6) is 0.326. The van der Waals surface area contributed by atoms with Gasteiger partial charge in [-0.2, -0.15) is 0 Å². The van der Waals surface area contributed by atoms with Gasteiger partial charge in [-0.3, -0.25) is 14.5 Å². The Balaban J connectivity index is 1.65. The molecule has 0 aliphatic carbocycles. The maximum Gasteiger partial charge on any atom is 0.300 e. The molecule has 0 spiro atoms. The summed E-state index contributed by atoms with van der Waals surface area (Å²) < 4.78 is 16.8. The Bertz CT molecular complexity index is 1380. The van der Waals surface area contributed by atoms with E-state index in [4.69, 9.17) is 14.2 Å². The van der Waals surface area contributed by atoms with E-state index in [0.29, 0.717) is 34.9 Å². The number of carbonyl (C=O) groups excluding carboxylic acids is 2. The van der Waals surface area contributed by atoms with Gasteiger partial charge in [-0.1, -0.05) is 12.1 Å². The first-order valence-electron chi connectivity index (χ1n) is 12.3. The van der Waals surface area contributed by atoms with Crippen molar-refractivity contribution in [3.63, 3.8) is 0 Å². The Morgan fingerprint density at radius 3 is 2.54 bits per heavy atom. The second kappa shape index (κ2) is 10.0. The molecule has 1 fully saturated rings. The summed E-state index contributed by atoms with van der Waals surface area (Å²) in [5.41, 5.74) is 2.62. The van der Waals surface area contributed by atoms with Crippen molar-refractivity contribution in [2.75, 3.05) is 18.6 Å². The molecule has 1 N–H and O–H groups in total. The van der Waals surface area contributed by atoms with Crippen LogP contribution in [-0.2, 0) is 16.0 Å². The summed E-state index contributed by atoms with van der Waals surface area (Å²) in [7, 11) is 1.55. The number of ketones is 1. The predicted octanol–water partition coefficient (Wildman–Crippen LogP) is 5.43. The lowest BCUT2D eigenvalue weighted by Crippen LogP contribution is -2.29. The zero-order valence-electron chi connectivity index (χ0n) is 21.1. The van der Waals surface area contributed by atoms with E-state index in [1.54, 1.807) is 61.7 Å². The highest BCUT2D eigenvalue weighted by molar-refractivity contribution is 6.51. The van der Waals surface area contributed by atoms with Crippen molar-refractivity contribution >= 4 is 23.1 Å². The van der Waals surface area contributed by atoms with Crippen molar-refractivity contribution in [1.82, 2.24) is 0 Å². The van der Waals surface area contributed by atoms with Gasteiger partial charge in [0.2, 0.25) is 0 Å². The minimum atomic E-state index is -0.848. The first-order chi connectivity index (χ1) is 17.9. The molecule has 2 aliphatic heterocycles. The molecule has 5 rings (SSSR count). The van der Waals surface area contributed by atoms with Gasteiger partial charge in [0.1, 0.15) is 23.0 Å². The highest BCUT2D eigenvalue weighted by atomic mass is 16.5. The van der Waals surface area contributed by atoms with Crippen LogP contribution in [0.25, 0.3) is 5.76 Å². The molecule has 1 saturated heterocycles. The number of anilines is 1. The number of aliphatic hydroxyl groups is 1. The number of rotatable bonds is 6. The van der Waals surface area contributed by atoms with Gasteiger partial charge >= 0.3 is 0 Å². The molecule has 37 heavy (non-hydrogen) atoms. The number of carbonyl (C=O) groups is 2. The van der Waals surface area contributed by atoms with E-state index in [0.717, 1.165) is 24.2 Å². The molecule has 0 radical (unpaired) electrons. The van der Waals surface area contributed by atoms with Gasteiger partial charge in [-0.15, -0.1) is 0 Å². The topological polar surface area (TPSA) is 85.3 Å². The fourth-order valence-electron chi connectivity index (χ4n) is 4.85. The summed E-state index contributed by atoms with van der Waals surface area (Å²) in [6.07, 6.45) is 1.69. The Morgan fingerprint density at radius 2 is 1.81 bits per heavy atom. The number of hydrogen-bond acceptors (Lipinski definition) is 6. The van der Waals surface area contributed by atoms with Gasteiger partial charge in [-0.05, 0) is 92.4 Å². The fourth-order valence-corrected chi connectivity index (χ4v) is 4.85. The van der Waals surface area contributed by atoms with Crippen LogP contribution in [0.2, 0.25) is 0 Å². The molecule has 7 nitrogen and oxygen atoms in total. The van der Waals surface area contributed by atoms with Crippen LogP contribution in [0.15, 0.2) is 72.3 Å². The lowest BCUT2D eigenvalue weighted by atomic mass is 9.93. The number of methoxy groups -OCH3 is 1. The molecule has 190 valence electrons. The molecule has 7 heteroatoms. The molecular weight excluding hydrogens is 470 g/mol. The molecule has 1 amide bonds. The molecule has 0 bridgehead atoms. The highest BCUT2D eigenvalue weighted by Gasteiger charge is 2.47. The number of hydrogen-bond donors (Lipinski definition) is 1. The summed E-state index contributed by atoms with van der Waals surface area (Å²) in [4.78, 5) is 28.3. The predicted molar refractivity (Wildman–Crippen MR) is 140 cm³/mol. The van der Waals surface area contributed by atoms with Crippen molar-refractivity contribution in [2.24, 2.45) is 0 Å². The Kier molecular flexibility index (Phi) is 6.61. The van der Waals surface area contributed by atoms with E-state index < -0.39 is 17.7 Å². The number of nitrogens with zero attached hydrogens (tertiary/aromatic N) is 1. The molecule has 1 unspecified atom stereocenters. The second-order valence-corrected chi connectivity index (χ2v) is 9.38. The van der Waals surface area contributed by atoms with E-state index in [1.165, 1.54) is 4.90 Å². The first kappa shape index (κ1) is 24.4. The van der Waals surface area contributed by atoms with Gasteiger partial charge in [-0.25, -0.2) is 0 Å². The van der Waals surface area contributed by atoms with Gasteiger partial charge in [0.05, 0.1) is 31.4 Å². The summed E-state index contributed by atoms with van der Waals surface area (Å²) >= 11 is 0. The number of fused-ring (bicyclic) bond motifs is 1. The number of ether oxygens (including phenoxy) is 3. The van der Waals surface area contributed by atoms with E-state index in [9.17, 15) is 14.7 Å². The van der Waals surface area contributed by atoms with Crippen LogP contribution in [0.4, 0.5) is 5.69 Å². The van der Waals surface area contributed by atoms with Crippen LogP contribution < -0.4 is 19.1 Å². The third kappa shape index (κ3) is 4.65. The quantitative estimate of drug-likeness (QED) is 0.276. The number of aryl methyl sites for hydroxylation is 1. The van der Waals surface area contributed by atoms with Crippen molar-refractivity contribution in [2.45, 2.75) is 38.8 Å². The molecule has 3 aromatic rings. The number of benzene rings is 3. The van der Waals surface area contributed by atoms with Crippen LogP contribution in [0, 0.1) is 0 Å². The van der Waals surface area contributed by atoms with Crippen LogP contribution in [0.5, 0.6) is 17.2 Å². The standard InChI is InChI=1S/C30H29NO6/c1-18(2)37-23-12-10-22(11-13-23)31-27(20-6-4-8-24(17-20)35-3)26(29(33)30(31)34)28(32)21-9-14-25-19(16-21)7-5-15-36-25/h4,6,8-14,16-18,27,32H,5,7,15H2,1-3H3/b28-26-. The molecule has 0 aromatic heterocycles. The molecule has 2 heterocycles. The smallest absolute Gasteiger partial charge is 0.300 e. The third-order valence-electron chi connectivity index (χ3n) is 6.52. The normalized spacial score (nSPS) is 18.5. The Morgan fingerprint density at radius 1 is 1.03 bits per heavy atom. The average Bonchev–Trinajstić information content (AvgIpc) is 3.18. The molecule has 2 aliphatic rings. The van der Waals surface area contributed by atoms with Crippen molar-refractivity contribution in [1.29, 1.82) is 0 Å². The minimum Gasteiger partial charge on any atom is -0.507 e. The summed E-state index contributed by atoms with van der Waals surface area (Å²) in [5, 5.41) is 11.5.